The summed E-state index contributed by atoms with van der Waals surface area (Å²) >= 11 is 0. The molecule has 0 aliphatic heterocycles. The summed E-state index contributed by atoms with van der Waals surface area (Å²) in [4.78, 5) is 17.4. The van der Waals surface area contributed by atoms with Gasteiger partial charge in [0.15, 0.2) is 5.69 Å². The average molecular weight is 405 g/mol. The number of fused-ring (bicyclic) bond motifs is 1. The van der Waals surface area contributed by atoms with Crippen molar-refractivity contribution in [2.45, 2.75) is 6.92 Å². The first kappa shape index (κ1) is 18.7. The number of para-hydroxylation sites is 2. The van der Waals surface area contributed by atoms with Gasteiger partial charge >= 0.3 is 0 Å². The third kappa shape index (κ3) is 3.55. The highest BCUT2D eigenvalue weighted by atomic mass is 16.2. The molecule has 0 saturated carbocycles. The number of carbonyl (C=O) groups excluding carboxylic acids is 1. The van der Waals surface area contributed by atoms with Crippen LogP contribution in [-0.2, 0) is 0 Å². The molecule has 3 aromatic carbocycles. The molecule has 6 heteroatoms. The van der Waals surface area contributed by atoms with Crippen molar-refractivity contribution in [3.63, 3.8) is 0 Å². The fourth-order valence-corrected chi connectivity index (χ4v) is 3.60. The maximum Gasteiger partial charge on any atom is 0.279 e. The second-order valence-electron chi connectivity index (χ2n) is 7.16. The van der Waals surface area contributed by atoms with E-state index in [-0.39, 0.29) is 11.6 Å². The second kappa shape index (κ2) is 7.84. The molecule has 5 aromatic rings. The van der Waals surface area contributed by atoms with Crippen molar-refractivity contribution in [3.8, 4) is 16.8 Å². The quantitative estimate of drug-likeness (QED) is 0.454. The fraction of sp³-hybridized carbons (Fsp3) is 0.0400. The number of rotatable bonds is 4. The van der Waals surface area contributed by atoms with Crippen LogP contribution in [0, 0.1) is 6.92 Å². The Bertz CT molecular complexity index is 1390. The fourth-order valence-electron chi connectivity index (χ4n) is 3.60. The van der Waals surface area contributed by atoms with Crippen molar-refractivity contribution in [1.29, 1.82) is 0 Å². The highest BCUT2D eigenvalue weighted by Crippen LogP contribution is 2.27. The van der Waals surface area contributed by atoms with Gasteiger partial charge in [-0.1, -0.05) is 71.9 Å². The minimum atomic E-state index is -0.344. The molecule has 0 aliphatic carbocycles. The molecule has 31 heavy (non-hydrogen) atoms. The minimum absolute atomic E-state index is 0.262. The van der Waals surface area contributed by atoms with Gasteiger partial charge in [-0.3, -0.25) is 4.79 Å². The van der Waals surface area contributed by atoms with Gasteiger partial charge in [0.1, 0.15) is 5.82 Å². The Hall–Kier alpha value is -4.32. The number of hydrogen-bond donors (Lipinski definition) is 1. The predicted molar refractivity (Wildman–Crippen MR) is 121 cm³/mol. The van der Waals surface area contributed by atoms with Crippen molar-refractivity contribution < 1.29 is 4.79 Å². The number of amides is 1. The van der Waals surface area contributed by atoms with Crippen molar-refractivity contribution >= 4 is 22.6 Å². The summed E-state index contributed by atoms with van der Waals surface area (Å²) in [5.41, 5.74) is 4.68. The van der Waals surface area contributed by atoms with Crippen LogP contribution in [0.25, 0.3) is 27.7 Å². The topological polar surface area (TPSA) is 72.7 Å². The lowest BCUT2D eigenvalue weighted by molar-refractivity contribution is 0.102. The molecule has 2 aromatic heterocycles. The normalized spacial score (nSPS) is 10.9. The Morgan fingerprint density at radius 2 is 1.58 bits per heavy atom. The summed E-state index contributed by atoms with van der Waals surface area (Å²) in [6, 6.07) is 29.5. The first-order valence-corrected chi connectivity index (χ1v) is 9.95. The van der Waals surface area contributed by atoms with Gasteiger partial charge in [0.05, 0.1) is 16.9 Å². The van der Waals surface area contributed by atoms with Gasteiger partial charge in [-0.2, -0.15) is 0 Å². The Morgan fingerprint density at radius 1 is 0.839 bits per heavy atom. The van der Waals surface area contributed by atoms with Crippen molar-refractivity contribution in [2.24, 2.45) is 0 Å². The van der Waals surface area contributed by atoms with Crippen LogP contribution in [-0.4, -0.2) is 25.9 Å². The van der Waals surface area contributed by atoms with Crippen LogP contribution >= 0.6 is 0 Å². The van der Waals surface area contributed by atoms with E-state index in [1.807, 2.05) is 91.9 Å². The van der Waals surface area contributed by atoms with Crippen LogP contribution < -0.4 is 5.32 Å². The molecule has 5 rings (SSSR count). The summed E-state index contributed by atoms with van der Waals surface area (Å²) in [7, 11) is 0. The summed E-state index contributed by atoms with van der Waals surface area (Å²) in [5, 5.41) is 12.3. The largest absolute Gasteiger partial charge is 0.305 e. The molecule has 1 amide bonds. The van der Waals surface area contributed by atoms with E-state index in [4.69, 9.17) is 0 Å². The molecule has 150 valence electrons. The van der Waals surface area contributed by atoms with Gasteiger partial charge in [-0.15, -0.1) is 5.10 Å². The lowest BCUT2D eigenvalue weighted by Crippen LogP contribution is -2.15. The van der Waals surface area contributed by atoms with E-state index in [1.165, 1.54) is 0 Å². The van der Waals surface area contributed by atoms with Crippen LogP contribution in [0.2, 0.25) is 0 Å². The average Bonchev–Trinajstić information content (AvgIpc) is 3.21. The first-order valence-electron chi connectivity index (χ1n) is 9.95. The van der Waals surface area contributed by atoms with E-state index < -0.39 is 0 Å². The SMILES string of the molecule is Cc1c(C(=O)Nc2ccc3ccccc3n2)nnn1-c1ccccc1-c1ccccc1. The smallest absolute Gasteiger partial charge is 0.279 e. The molecule has 0 aliphatic rings. The van der Waals surface area contributed by atoms with Gasteiger partial charge < -0.3 is 5.32 Å². The van der Waals surface area contributed by atoms with Crippen LogP contribution in [0.15, 0.2) is 91.0 Å². The summed E-state index contributed by atoms with van der Waals surface area (Å²) in [5.74, 6) is 0.131. The Morgan fingerprint density at radius 3 is 2.45 bits per heavy atom. The number of aromatic nitrogens is 4. The number of pyridine rings is 1. The number of nitrogens with zero attached hydrogens (tertiary/aromatic N) is 4. The Kier molecular flexibility index (Phi) is 4.72. The van der Waals surface area contributed by atoms with Gasteiger partial charge in [-0.05, 0) is 36.8 Å². The minimum Gasteiger partial charge on any atom is -0.305 e. The molecule has 0 spiro atoms. The van der Waals surface area contributed by atoms with Crippen molar-refractivity contribution in [1.82, 2.24) is 20.0 Å². The first-order chi connectivity index (χ1) is 15.2. The summed E-state index contributed by atoms with van der Waals surface area (Å²) in [6.07, 6.45) is 0. The third-order valence-corrected chi connectivity index (χ3v) is 5.17. The van der Waals surface area contributed by atoms with E-state index in [0.29, 0.717) is 11.5 Å². The molecule has 0 saturated heterocycles. The monoisotopic (exact) mass is 405 g/mol. The van der Waals surface area contributed by atoms with E-state index in [2.05, 4.69) is 20.6 Å². The number of nitrogens with one attached hydrogen (secondary N) is 1. The Labute approximate surface area is 179 Å². The van der Waals surface area contributed by atoms with Crippen molar-refractivity contribution in [2.75, 3.05) is 5.32 Å². The zero-order chi connectivity index (χ0) is 21.2. The summed E-state index contributed by atoms with van der Waals surface area (Å²) < 4.78 is 1.70. The van der Waals surface area contributed by atoms with Crippen LogP contribution in [0.4, 0.5) is 5.82 Å². The number of carbonyl (C=O) groups is 1. The molecule has 0 atom stereocenters. The van der Waals surface area contributed by atoms with Crippen LogP contribution in [0.3, 0.4) is 0 Å². The maximum absolute atomic E-state index is 12.9. The number of hydrogen-bond acceptors (Lipinski definition) is 4. The van der Waals surface area contributed by atoms with Crippen LogP contribution in [0.1, 0.15) is 16.2 Å². The van der Waals surface area contributed by atoms with Crippen LogP contribution in [0.5, 0.6) is 0 Å². The number of benzene rings is 3. The highest BCUT2D eigenvalue weighted by Gasteiger charge is 2.19. The van der Waals surface area contributed by atoms with Gasteiger partial charge in [0, 0.05) is 10.9 Å². The second-order valence-corrected chi connectivity index (χ2v) is 7.16. The third-order valence-electron chi connectivity index (χ3n) is 5.17. The lowest BCUT2D eigenvalue weighted by atomic mass is 10.0. The van der Waals surface area contributed by atoms with Gasteiger partial charge in [0.25, 0.3) is 5.91 Å². The van der Waals surface area contributed by atoms with Gasteiger partial charge in [0.2, 0.25) is 0 Å². The molecule has 0 unspecified atom stereocenters. The van der Waals surface area contributed by atoms with E-state index in [1.54, 1.807) is 10.7 Å². The highest BCUT2D eigenvalue weighted by molar-refractivity contribution is 6.03. The Balaban J connectivity index is 1.47. The molecule has 0 bridgehead atoms. The van der Waals surface area contributed by atoms with Gasteiger partial charge in [-0.25, -0.2) is 9.67 Å². The summed E-state index contributed by atoms with van der Waals surface area (Å²) in [6.45, 7) is 1.84. The van der Waals surface area contributed by atoms with E-state index in [9.17, 15) is 4.79 Å². The zero-order valence-electron chi connectivity index (χ0n) is 16.9. The maximum atomic E-state index is 12.9. The predicted octanol–water partition coefficient (Wildman–Crippen LogP) is 5.04. The van der Waals surface area contributed by atoms with E-state index in [0.717, 1.165) is 27.7 Å². The molecule has 2 heterocycles. The number of anilines is 1. The molecular weight excluding hydrogens is 386 g/mol. The molecule has 1 N–H and O–H groups in total. The molecule has 6 nitrogen and oxygen atoms in total. The standard InChI is InChI=1S/C25H19N5O/c1-17-24(25(31)27-23-16-15-19-11-5-7-13-21(19)26-23)28-29-30(17)22-14-8-6-12-20(22)18-9-3-2-4-10-18/h2-16H,1H3,(H,26,27,31). The zero-order valence-corrected chi connectivity index (χ0v) is 16.9. The molecular formula is C25H19N5O. The van der Waals surface area contributed by atoms with Crippen molar-refractivity contribution in [3.05, 3.63) is 102 Å². The molecule has 0 fully saturated rings. The lowest BCUT2D eigenvalue weighted by Gasteiger charge is -2.11. The molecule has 0 radical (unpaired) electrons. The van der Waals surface area contributed by atoms with E-state index >= 15 is 0 Å².